The molecular weight excluding hydrogens is 245 g/mol. The molecule has 1 aromatic carbocycles. The van der Waals surface area contributed by atoms with Gasteiger partial charge in [0.05, 0.1) is 19.1 Å². The fourth-order valence-electron chi connectivity index (χ4n) is 2.62. The largest absolute Gasteiger partial charge is 0.384 e. The molecule has 3 nitrogen and oxygen atoms in total. The van der Waals surface area contributed by atoms with E-state index < -0.39 is 0 Å². The highest BCUT2D eigenvalue weighted by atomic mass is 19.1. The first kappa shape index (κ1) is 14.0. The van der Waals surface area contributed by atoms with Gasteiger partial charge in [0, 0.05) is 13.7 Å². The fraction of sp³-hybridized carbons (Fsp3) is 0.533. The number of hydrogen-bond acceptors (Lipinski definition) is 2. The Balaban J connectivity index is 2.13. The molecule has 1 aliphatic rings. The molecule has 4 heteroatoms. The van der Waals surface area contributed by atoms with Crippen LogP contribution in [0.1, 0.15) is 37.3 Å². The van der Waals surface area contributed by atoms with Crippen molar-refractivity contribution in [3.8, 4) is 0 Å². The van der Waals surface area contributed by atoms with Crippen molar-refractivity contribution in [2.75, 3.05) is 20.3 Å². The van der Waals surface area contributed by atoms with Crippen LogP contribution in [0.3, 0.4) is 0 Å². The van der Waals surface area contributed by atoms with E-state index in [0.717, 1.165) is 31.4 Å². The fourth-order valence-corrected chi connectivity index (χ4v) is 2.62. The Morgan fingerprint density at radius 2 is 2.32 bits per heavy atom. The van der Waals surface area contributed by atoms with Crippen molar-refractivity contribution in [1.29, 1.82) is 0 Å². The minimum Gasteiger partial charge on any atom is -0.384 e. The van der Waals surface area contributed by atoms with Gasteiger partial charge in [-0.05, 0) is 37.0 Å². The smallest absolute Gasteiger partial charge is 0.225 e. The van der Waals surface area contributed by atoms with Gasteiger partial charge in [-0.2, -0.15) is 0 Å². The Bertz CT molecular complexity index is 436. The summed E-state index contributed by atoms with van der Waals surface area (Å²) in [6.07, 6.45) is 3.39. The van der Waals surface area contributed by atoms with Crippen LogP contribution in [-0.2, 0) is 9.53 Å². The summed E-state index contributed by atoms with van der Waals surface area (Å²) >= 11 is 0. The summed E-state index contributed by atoms with van der Waals surface area (Å²) in [7, 11) is 1.59. The first-order chi connectivity index (χ1) is 9.22. The lowest BCUT2D eigenvalue weighted by atomic mass is 9.95. The SMILES string of the molecule is COCCC(=O)N1CCCC[C@H]1c1cccc(F)c1. The van der Waals surface area contributed by atoms with E-state index in [0.29, 0.717) is 13.0 Å². The van der Waals surface area contributed by atoms with Gasteiger partial charge in [-0.25, -0.2) is 4.39 Å². The van der Waals surface area contributed by atoms with Crippen molar-refractivity contribution in [1.82, 2.24) is 4.90 Å². The molecule has 19 heavy (non-hydrogen) atoms. The summed E-state index contributed by atoms with van der Waals surface area (Å²) in [4.78, 5) is 14.1. The molecule has 1 saturated heterocycles. The van der Waals surface area contributed by atoms with Crippen molar-refractivity contribution in [3.63, 3.8) is 0 Å². The Morgan fingerprint density at radius 1 is 1.47 bits per heavy atom. The molecule has 0 N–H and O–H groups in total. The zero-order valence-electron chi connectivity index (χ0n) is 11.3. The van der Waals surface area contributed by atoms with Crippen LogP contribution in [-0.4, -0.2) is 31.1 Å². The molecule has 1 heterocycles. The molecule has 0 aromatic heterocycles. The number of piperidine rings is 1. The van der Waals surface area contributed by atoms with Crippen molar-refractivity contribution in [2.24, 2.45) is 0 Å². The van der Waals surface area contributed by atoms with Crippen LogP contribution in [0.25, 0.3) is 0 Å². The highest BCUT2D eigenvalue weighted by Gasteiger charge is 2.27. The summed E-state index contributed by atoms with van der Waals surface area (Å²) in [5.74, 6) is -0.150. The molecular formula is C15H20FNO2. The third-order valence-electron chi connectivity index (χ3n) is 3.58. The lowest BCUT2D eigenvalue weighted by Crippen LogP contribution is -2.38. The number of likely N-dealkylation sites (tertiary alicyclic amines) is 1. The van der Waals surface area contributed by atoms with Crippen LogP contribution >= 0.6 is 0 Å². The van der Waals surface area contributed by atoms with Gasteiger partial charge in [0.15, 0.2) is 0 Å². The number of halogens is 1. The van der Waals surface area contributed by atoms with Crippen molar-refractivity contribution < 1.29 is 13.9 Å². The maximum atomic E-state index is 13.3. The number of ether oxygens (including phenoxy) is 1. The Morgan fingerprint density at radius 3 is 3.05 bits per heavy atom. The maximum Gasteiger partial charge on any atom is 0.225 e. The van der Waals surface area contributed by atoms with Crippen LogP contribution in [0, 0.1) is 5.82 Å². The normalized spacial score (nSPS) is 19.5. The quantitative estimate of drug-likeness (QED) is 0.837. The zero-order chi connectivity index (χ0) is 13.7. The number of carbonyl (C=O) groups excluding carboxylic acids is 1. The van der Waals surface area contributed by atoms with E-state index in [1.165, 1.54) is 12.1 Å². The number of rotatable bonds is 4. The van der Waals surface area contributed by atoms with Crippen LogP contribution in [0.15, 0.2) is 24.3 Å². The third-order valence-corrected chi connectivity index (χ3v) is 3.58. The van der Waals surface area contributed by atoms with Gasteiger partial charge in [-0.15, -0.1) is 0 Å². The molecule has 0 saturated carbocycles. The molecule has 0 aliphatic carbocycles. The van der Waals surface area contributed by atoms with Crippen LogP contribution < -0.4 is 0 Å². The van der Waals surface area contributed by atoms with Gasteiger partial charge in [0.2, 0.25) is 5.91 Å². The number of nitrogens with zero attached hydrogens (tertiary/aromatic N) is 1. The van der Waals surface area contributed by atoms with Crippen molar-refractivity contribution in [2.45, 2.75) is 31.7 Å². The van der Waals surface area contributed by atoms with E-state index in [1.54, 1.807) is 13.2 Å². The van der Waals surface area contributed by atoms with Crippen LogP contribution in [0.5, 0.6) is 0 Å². The molecule has 1 atom stereocenters. The van der Waals surface area contributed by atoms with E-state index in [9.17, 15) is 9.18 Å². The van der Waals surface area contributed by atoms with E-state index in [4.69, 9.17) is 4.74 Å². The average molecular weight is 265 g/mol. The number of amides is 1. The number of hydrogen-bond donors (Lipinski definition) is 0. The predicted octanol–water partition coefficient (Wildman–Crippen LogP) is 2.92. The van der Waals surface area contributed by atoms with Gasteiger partial charge < -0.3 is 9.64 Å². The number of carbonyl (C=O) groups is 1. The lowest BCUT2D eigenvalue weighted by molar-refractivity contribution is -0.136. The number of methoxy groups -OCH3 is 1. The minimum atomic E-state index is -0.243. The van der Waals surface area contributed by atoms with E-state index >= 15 is 0 Å². The topological polar surface area (TPSA) is 29.5 Å². The summed E-state index contributed by atoms with van der Waals surface area (Å²) in [6, 6.07) is 6.58. The van der Waals surface area contributed by atoms with E-state index in [2.05, 4.69) is 0 Å². The summed E-state index contributed by atoms with van der Waals surface area (Å²) in [5.41, 5.74) is 0.894. The molecule has 1 amide bonds. The molecule has 1 fully saturated rings. The molecule has 1 aromatic rings. The Kier molecular flexibility index (Phi) is 4.91. The van der Waals surface area contributed by atoms with Gasteiger partial charge in [-0.3, -0.25) is 4.79 Å². The van der Waals surface area contributed by atoms with Gasteiger partial charge >= 0.3 is 0 Å². The van der Waals surface area contributed by atoms with Gasteiger partial charge in [-0.1, -0.05) is 12.1 Å². The van der Waals surface area contributed by atoms with Crippen molar-refractivity contribution in [3.05, 3.63) is 35.6 Å². The summed E-state index contributed by atoms with van der Waals surface area (Å²) in [6.45, 7) is 1.19. The maximum absolute atomic E-state index is 13.3. The van der Waals surface area contributed by atoms with E-state index in [1.807, 2.05) is 11.0 Å². The lowest BCUT2D eigenvalue weighted by Gasteiger charge is -2.36. The highest BCUT2D eigenvalue weighted by molar-refractivity contribution is 5.77. The summed E-state index contributed by atoms with van der Waals surface area (Å²) < 4.78 is 18.3. The molecule has 104 valence electrons. The molecule has 1 aliphatic heterocycles. The Hall–Kier alpha value is -1.42. The average Bonchev–Trinajstić information content (AvgIpc) is 2.45. The molecule has 0 radical (unpaired) electrons. The molecule has 0 spiro atoms. The molecule has 2 rings (SSSR count). The van der Waals surface area contributed by atoms with E-state index in [-0.39, 0.29) is 17.8 Å². The molecule has 0 bridgehead atoms. The second-order valence-electron chi connectivity index (χ2n) is 4.90. The minimum absolute atomic E-state index is 0.00815. The first-order valence-electron chi connectivity index (χ1n) is 6.76. The second-order valence-corrected chi connectivity index (χ2v) is 4.90. The summed E-state index contributed by atoms with van der Waals surface area (Å²) in [5, 5.41) is 0. The Labute approximate surface area is 113 Å². The monoisotopic (exact) mass is 265 g/mol. The zero-order valence-corrected chi connectivity index (χ0v) is 11.3. The number of benzene rings is 1. The van der Waals surface area contributed by atoms with Gasteiger partial charge in [0.25, 0.3) is 0 Å². The van der Waals surface area contributed by atoms with Crippen molar-refractivity contribution >= 4 is 5.91 Å². The highest BCUT2D eigenvalue weighted by Crippen LogP contribution is 2.31. The predicted molar refractivity (Wildman–Crippen MR) is 71.2 cm³/mol. The second kappa shape index (κ2) is 6.66. The van der Waals surface area contributed by atoms with Gasteiger partial charge in [0.1, 0.15) is 5.82 Å². The van der Waals surface area contributed by atoms with Crippen LogP contribution in [0.4, 0.5) is 4.39 Å². The standard InChI is InChI=1S/C15H20FNO2/c1-19-10-8-15(18)17-9-3-2-7-14(17)12-5-4-6-13(16)11-12/h4-6,11,14H,2-3,7-10H2,1H3/t14-/m0/s1. The first-order valence-corrected chi connectivity index (χ1v) is 6.76. The van der Waals surface area contributed by atoms with Crippen LogP contribution in [0.2, 0.25) is 0 Å². The third kappa shape index (κ3) is 3.53. The molecule has 0 unspecified atom stereocenters.